The van der Waals surface area contributed by atoms with Gasteiger partial charge in [-0.15, -0.1) is 0 Å². The van der Waals surface area contributed by atoms with Gasteiger partial charge in [0.15, 0.2) is 5.11 Å². The van der Waals surface area contributed by atoms with Crippen LogP contribution in [0.3, 0.4) is 0 Å². The lowest BCUT2D eigenvalue weighted by molar-refractivity contribution is -0.137. The number of anilines is 1. The predicted octanol–water partition coefficient (Wildman–Crippen LogP) is 4.62. The van der Waals surface area contributed by atoms with Crippen LogP contribution in [0.1, 0.15) is 29.8 Å². The maximum Gasteiger partial charge on any atom is 0.416 e. The molecule has 0 bridgehead atoms. The Hall–Kier alpha value is -2.61. The Morgan fingerprint density at radius 3 is 2.46 bits per heavy atom. The van der Waals surface area contributed by atoms with Crippen molar-refractivity contribution >= 4 is 28.9 Å². The second-order valence-corrected chi connectivity index (χ2v) is 6.06. The lowest BCUT2D eigenvalue weighted by atomic mass is 10.2. The molecular formula is C18H17F3N2O2S. The molecule has 2 N–H and O–H groups in total. The van der Waals surface area contributed by atoms with Crippen molar-refractivity contribution in [3.8, 4) is 5.75 Å². The number of carbonyl (C=O) groups excluding carboxylic acids is 1. The molecule has 0 unspecified atom stereocenters. The maximum absolute atomic E-state index is 12.7. The van der Waals surface area contributed by atoms with E-state index in [4.69, 9.17) is 17.0 Å². The lowest BCUT2D eigenvalue weighted by Crippen LogP contribution is -2.34. The van der Waals surface area contributed by atoms with E-state index in [1.54, 1.807) is 24.3 Å². The zero-order valence-electron chi connectivity index (χ0n) is 14.1. The van der Waals surface area contributed by atoms with Crippen molar-refractivity contribution in [3.05, 3.63) is 59.7 Å². The number of carbonyl (C=O) groups is 1. The second-order valence-electron chi connectivity index (χ2n) is 5.65. The van der Waals surface area contributed by atoms with Crippen LogP contribution in [0.2, 0.25) is 0 Å². The first-order valence-corrected chi connectivity index (χ1v) is 8.13. The number of halogens is 3. The minimum absolute atomic E-state index is 0.117. The number of ether oxygens (including phenoxy) is 1. The number of thiocarbonyl (C=S) groups is 1. The molecular weight excluding hydrogens is 365 g/mol. The highest BCUT2D eigenvalue weighted by molar-refractivity contribution is 7.80. The second kappa shape index (κ2) is 8.18. The average molecular weight is 382 g/mol. The van der Waals surface area contributed by atoms with Gasteiger partial charge in [-0.05, 0) is 56.4 Å². The minimum atomic E-state index is -4.46. The molecule has 0 radical (unpaired) electrons. The number of benzene rings is 2. The molecule has 0 saturated carbocycles. The zero-order chi connectivity index (χ0) is 19.3. The smallest absolute Gasteiger partial charge is 0.416 e. The van der Waals surface area contributed by atoms with Crippen LogP contribution < -0.4 is 15.4 Å². The molecule has 2 aromatic rings. The van der Waals surface area contributed by atoms with E-state index in [1.807, 2.05) is 13.8 Å². The van der Waals surface area contributed by atoms with E-state index in [0.717, 1.165) is 12.1 Å². The summed E-state index contributed by atoms with van der Waals surface area (Å²) in [5, 5.41) is 4.89. The summed E-state index contributed by atoms with van der Waals surface area (Å²) >= 11 is 5.01. The minimum Gasteiger partial charge on any atom is -0.490 e. The van der Waals surface area contributed by atoms with Gasteiger partial charge in [0.2, 0.25) is 0 Å². The van der Waals surface area contributed by atoms with E-state index >= 15 is 0 Å². The molecule has 8 heteroatoms. The van der Waals surface area contributed by atoms with Gasteiger partial charge in [-0.1, -0.05) is 18.2 Å². The molecule has 2 aromatic carbocycles. The number of alkyl halides is 3. The van der Waals surface area contributed by atoms with Crippen molar-refractivity contribution in [1.29, 1.82) is 0 Å². The fourth-order valence-corrected chi connectivity index (χ4v) is 2.33. The van der Waals surface area contributed by atoms with Crippen LogP contribution in [0.25, 0.3) is 0 Å². The monoisotopic (exact) mass is 382 g/mol. The summed E-state index contributed by atoms with van der Waals surface area (Å²) in [6.45, 7) is 3.66. The van der Waals surface area contributed by atoms with Gasteiger partial charge in [0.25, 0.3) is 5.91 Å². The van der Waals surface area contributed by atoms with Crippen LogP contribution in [0.4, 0.5) is 18.9 Å². The van der Waals surface area contributed by atoms with Crippen molar-refractivity contribution in [2.45, 2.75) is 26.1 Å². The molecule has 26 heavy (non-hydrogen) atoms. The quantitative estimate of drug-likeness (QED) is 0.758. The largest absolute Gasteiger partial charge is 0.490 e. The first kappa shape index (κ1) is 19.7. The Morgan fingerprint density at radius 1 is 1.12 bits per heavy atom. The Bertz CT molecular complexity index is 807. The Morgan fingerprint density at radius 2 is 1.81 bits per heavy atom. The summed E-state index contributed by atoms with van der Waals surface area (Å²) in [7, 11) is 0. The summed E-state index contributed by atoms with van der Waals surface area (Å²) in [5.41, 5.74) is -0.418. The molecule has 0 aromatic heterocycles. The van der Waals surface area contributed by atoms with Gasteiger partial charge in [0.05, 0.1) is 17.2 Å². The summed E-state index contributed by atoms with van der Waals surface area (Å²) in [6.07, 6.45) is -4.59. The van der Waals surface area contributed by atoms with Gasteiger partial charge in [0.1, 0.15) is 5.75 Å². The Labute approximate surface area is 154 Å². The third-order valence-corrected chi connectivity index (χ3v) is 3.37. The highest BCUT2D eigenvalue weighted by Gasteiger charge is 2.30. The Balaban J connectivity index is 2.08. The van der Waals surface area contributed by atoms with Gasteiger partial charge in [-0.25, -0.2) is 0 Å². The molecule has 4 nitrogen and oxygen atoms in total. The molecule has 1 amide bonds. The average Bonchev–Trinajstić information content (AvgIpc) is 2.54. The number of rotatable bonds is 4. The van der Waals surface area contributed by atoms with E-state index in [2.05, 4.69) is 10.6 Å². The van der Waals surface area contributed by atoms with E-state index in [0.29, 0.717) is 5.75 Å². The summed E-state index contributed by atoms with van der Waals surface area (Å²) in [4.78, 5) is 12.4. The van der Waals surface area contributed by atoms with Gasteiger partial charge in [-0.2, -0.15) is 13.2 Å². The molecule has 0 fully saturated rings. The maximum atomic E-state index is 12.7. The standard InChI is InChI=1S/C18H17F3N2O2S/c1-11(2)25-15-9-4-3-8-14(15)16(24)23-17(26)22-13-7-5-6-12(10-13)18(19,20)21/h3-11H,1-2H3,(H2,22,23,24,26). The van der Waals surface area contributed by atoms with E-state index < -0.39 is 17.6 Å². The van der Waals surface area contributed by atoms with Crippen molar-refractivity contribution in [1.82, 2.24) is 5.32 Å². The van der Waals surface area contributed by atoms with Crippen LogP contribution in [-0.4, -0.2) is 17.1 Å². The molecule has 0 aliphatic carbocycles. The van der Waals surface area contributed by atoms with Crippen molar-refractivity contribution < 1.29 is 22.7 Å². The van der Waals surface area contributed by atoms with E-state index in [9.17, 15) is 18.0 Å². The van der Waals surface area contributed by atoms with Gasteiger partial charge in [-0.3, -0.25) is 10.1 Å². The molecule has 0 spiro atoms. The zero-order valence-corrected chi connectivity index (χ0v) is 14.9. The van der Waals surface area contributed by atoms with Crippen molar-refractivity contribution in [3.63, 3.8) is 0 Å². The summed E-state index contributed by atoms with van der Waals surface area (Å²) < 4.78 is 43.8. The molecule has 138 valence electrons. The normalized spacial score (nSPS) is 11.2. The Kier molecular flexibility index (Phi) is 6.20. The summed E-state index contributed by atoms with van der Waals surface area (Å²) in [5.74, 6) is -0.132. The highest BCUT2D eigenvalue weighted by atomic mass is 32.1. The van der Waals surface area contributed by atoms with E-state index in [1.165, 1.54) is 12.1 Å². The molecule has 0 aliphatic rings. The predicted molar refractivity (Wildman–Crippen MR) is 97.3 cm³/mol. The molecule has 0 atom stereocenters. The van der Waals surface area contributed by atoms with Crippen LogP contribution in [0.15, 0.2) is 48.5 Å². The van der Waals surface area contributed by atoms with Crippen molar-refractivity contribution in [2.24, 2.45) is 0 Å². The SMILES string of the molecule is CC(C)Oc1ccccc1C(=O)NC(=S)Nc1cccc(C(F)(F)F)c1. The van der Waals surface area contributed by atoms with Crippen LogP contribution in [0.5, 0.6) is 5.75 Å². The molecule has 0 heterocycles. The first-order chi connectivity index (χ1) is 12.2. The first-order valence-electron chi connectivity index (χ1n) is 7.72. The number of para-hydroxylation sites is 1. The topological polar surface area (TPSA) is 50.4 Å². The van der Waals surface area contributed by atoms with Crippen LogP contribution in [-0.2, 0) is 6.18 Å². The molecule has 0 aliphatic heterocycles. The van der Waals surface area contributed by atoms with Crippen molar-refractivity contribution in [2.75, 3.05) is 5.32 Å². The summed E-state index contributed by atoms with van der Waals surface area (Å²) in [6, 6.07) is 11.2. The molecule has 0 saturated heterocycles. The third-order valence-electron chi connectivity index (χ3n) is 3.17. The van der Waals surface area contributed by atoms with E-state index in [-0.39, 0.29) is 22.5 Å². The fourth-order valence-electron chi connectivity index (χ4n) is 2.12. The lowest BCUT2D eigenvalue weighted by Gasteiger charge is -2.15. The number of hydrogen-bond acceptors (Lipinski definition) is 3. The number of nitrogens with one attached hydrogen (secondary N) is 2. The third kappa shape index (κ3) is 5.45. The van der Waals surface area contributed by atoms with Crippen LogP contribution >= 0.6 is 12.2 Å². The van der Waals surface area contributed by atoms with Gasteiger partial charge >= 0.3 is 6.18 Å². The van der Waals surface area contributed by atoms with Gasteiger partial charge in [0, 0.05) is 5.69 Å². The number of amides is 1. The van der Waals surface area contributed by atoms with Gasteiger partial charge < -0.3 is 10.1 Å². The molecule has 2 rings (SSSR count). The fraction of sp³-hybridized carbons (Fsp3) is 0.222. The number of hydrogen-bond donors (Lipinski definition) is 2. The van der Waals surface area contributed by atoms with Crippen LogP contribution in [0, 0.1) is 0 Å². The highest BCUT2D eigenvalue weighted by Crippen LogP contribution is 2.30.